The van der Waals surface area contributed by atoms with E-state index in [-0.39, 0.29) is 0 Å². The molecule has 0 atom stereocenters. The summed E-state index contributed by atoms with van der Waals surface area (Å²) in [7, 11) is 0. The van der Waals surface area contributed by atoms with Crippen LogP contribution in [0.4, 0.5) is 5.69 Å². The predicted octanol–water partition coefficient (Wildman–Crippen LogP) is 2.90. The minimum atomic E-state index is 0.683. The third-order valence-electron chi connectivity index (χ3n) is 3.87. The molecule has 1 fully saturated rings. The van der Waals surface area contributed by atoms with E-state index in [9.17, 15) is 0 Å². The Hall–Kier alpha value is -2.33. The van der Waals surface area contributed by atoms with Crippen molar-refractivity contribution < 1.29 is 4.42 Å². The van der Waals surface area contributed by atoms with Crippen LogP contribution < -0.4 is 10.2 Å². The van der Waals surface area contributed by atoms with E-state index in [1.165, 1.54) is 5.69 Å². The molecule has 1 saturated heterocycles. The number of hydrogen-bond donors (Lipinski definition) is 1. The molecule has 2 heterocycles. The maximum atomic E-state index is 5.85. The van der Waals surface area contributed by atoms with Gasteiger partial charge < -0.3 is 14.6 Å². The summed E-state index contributed by atoms with van der Waals surface area (Å²) in [4.78, 5) is 7.01. The standard InChI is InChI=1S/C17H17N3O/c1-2-4-13(5-3-1)17-19-15-12-14(6-7-16(15)21-17)20-10-8-18-9-11-20/h1-7,12,18H,8-11H2. The molecule has 0 bridgehead atoms. The van der Waals surface area contributed by atoms with Gasteiger partial charge in [0.25, 0.3) is 0 Å². The van der Waals surface area contributed by atoms with Crippen LogP contribution in [0.2, 0.25) is 0 Å². The summed E-state index contributed by atoms with van der Waals surface area (Å²) in [5.41, 5.74) is 3.99. The number of oxazole rings is 1. The third kappa shape index (κ3) is 2.38. The fourth-order valence-electron chi connectivity index (χ4n) is 2.74. The summed E-state index contributed by atoms with van der Waals surface area (Å²) in [6.07, 6.45) is 0. The second kappa shape index (κ2) is 5.22. The van der Waals surface area contributed by atoms with Gasteiger partial charge in [-0.3, -0.25) is 0 Å². The summed E-state index contributed by atoms with van der Waals surface area (Å²) in [6, 6.07) is 16.3. The van der Waals surface area contributed by atoms with Crippen molar-refractivity contribution in [2.75, 3.05) is 31.1 Å². The average Bonchev–Trinajstić information content (AvgIpc) is 2.99. The first-order valence-corrected chi connectivity index (χ1v) is 7.32. The number of piperazine rings is 1. The molecule has 2 aromatic carbocycles. The minimum absolute atomic E-state index is 0.683. The second-order valence-electron chi connectivity index (χ2n) is 5.27. The zero-order valence-corrected chi connectivity index (χ0v) is 11.7. The molecule has 1 aromatic heterocycles. The number of aromatic nitrogens is 1. The molecule has 0 saturated carbocycles. The topological polar surface area (TPSA) is 41.3 Å². The van der Waals surface area contributed by atoms with E-state index in [1.807, 2.05) is 36.4 Å². The molecule has 0 amide bonds. The highest BCUT2D eigenvalue weighted by atomic mass is 16.3. The number of nitrogens with one attached hydrogen (secondary N) is 1. The van der Waals surface area contributed by atoms with E-state index in [0.717, 1.165) is 42.8 Å². The zero-order chi connectivity index (χ0) is 14.1. The molecule has 0 unspecified atom stereocenters. The van der Waals surface area contributed by atoms with Crippen molar-refractivity contribution in [3.63, 3.8) is 0 Å². The number of anilines is 1. The Morgan fingerprint density at radius 1 is 1.00 bits per heavy atom. The van der Waals surface area contributed by atoms with Gasteiger partial charge in [0.1, 0.15) is 5.52 Å². The zero-order valence-electron chi connectivity index (χ0n) is 11.7. The number of nitrogens with zero attached hydrogens (tertiary/aromatic N) is 2. The molecule has 1 aliphatic rings. The fraction of sp³-hybridized carbons (Fsp3) is 0.235. The number of benzene rings is 2. The van der Waals surface area contributed by atoms with Gasteiger partial charge in [0.15, 0.2) is 5.58 Å². The molecule has 4 heteroatoms. The van der Waals surface area contributed by atoms with Crippen molar-refractivity contribution in [3.05, 3.63) is 48.5 Å². The Balaban J connectivity index is 1.71. The number of fused-ring (bicyclic) bond motifs is 1. The van der Waals surface area contributed by atoms with Gasteiger partial charge >= 0.3 is 0 Å². The van der Waals surface area contributed by atoms with Crippen LogP contribution in [0.5, 0.6) is 0 Å². The van der Waals surface area contributed by atoms with Crippen LogP contribution in [-0.4, -0.2) is 31.2 Å². The van der Waals surface area contributed by atoms with Crippen LogP contribution >= 0.6 is 0 Å². The first-order valence-electron chi connectivity index (χ1n) is 7.32. The maximum absolute atomic E-state index is 5.85. The van der Waals surface area contributed by atoms with Crippen LogP contribution in [0.25, 0.3) is 22.6 Å². The van der Waals surface area contributed by atoms with Crippen molar-refractivity contribution in [1.29, 1.82) is 0 Å². The summed E-state index contributed by atoms with van der Waals surface area (Å²) in [5.74, 6) is 0.683. The lowest BCUT2D eigenvalue weighted by molar-refractivity contribution is 0.589. The largest absolute Gasteiger partial charge is 0.436 e. The van der Waals surface area contributed by atoms with Crippen molar-refractivity contribution in [2.45, 2.75) is 0 Å². The van der Waals surface area contributed by atoms with Gasteiger partial charge in [-0.1, -0.05) is 18.2 Å². The lowest BCUT2D eigenvalue weighted by Gasteiger charge is -2.29. The highest BCUT2D eigenvalue weighted by Crippen LogP contribution is 2.27. The van der Waals surface area contributed by atoms with Gasteiger partial charge in [-0.2, -0.15) is 0 Å². The second-order valence-corrected chi connectivity index (χ2v) is 5.27. The predicted molar refractivity (Wildman–Crippen MR) is 84.5 cm³/mol. The van der Waals surface area contributed by atoms with E-state index in [2.05, 4.69) is 27.3 Å². The molecule has 1 N–H and O–H groups in total. The molecule has 0 spiro atoms. The van der Waals surface area contributed by atoms with E-state index >= 15 is 0 Å². The Morgan fingerprint density at radius 3 is 2.62 bits per heavy atom. The van der Waals surface area contributed by atoms with Crippen LogP contribution in [0.3, 0.4) is 0 Å². The Labute approximate surface area is 123 Å². The van der Waals surface area contributed by atoms with Crippen molar-refractivity contribution in [1.82, 2.24) is 10.3 Å². The Kier molecular flexibility index (Phi) is 3.09. The third-order valence-corrected chi connectivity index (χ3v) is 3.87. The molecular weight excluding hydrogens is 262 g/mol. The monoisotopic (exact) mass is 279 g/mol. The van der Waals surface area contributed by atoms with Gasteiger partial charge in [-0.25, -0.2) is 4.98 Å². The van der Waals surface area contributed by atoms with E-state index in [4.69, 9.17) is 4.42 Å². The van der Waals surface area contributed by atoms with Crippen molar-refractivity contribution in [2.24, 2.45) is 0 Å². The van der Waals surface area contributed by atoms with E-state index < -0.39 is 0 Å². The van der Waals surface area contributed by atoms with Gasteiger partial charge in [-0.15, -0.1) is 0 Å². The molecule has 3 aromatic rings. The summed E-state index contributed by atoms with van der Waals surface area (Å²) >= 11 is 0. The minimum Gasteiger partial charge on any atom is -0.436 e. The first kappa shape index (κ1) is 12.4. The van der Waals surface area contributed by atoms with Gasteiger partial charge in [-0.05, 0) is 30.3 Å². The van der Waals surface area contributed by atoms with Gasteiger partial charge in [0.05, 0.1) is 0 Å². The highest BCUT2D eigenvalue weighted by Gasteiger charge is 2.13. The average molecular weight is 279 g/mol. The maximum Gasteiger partial charge on any atom is 0.227 e. The SMILES string of the molecule is c1ccc(-c2nc3cc(N4CCNCC4)ccc3o2)cc1. The van der Waals surface area contributed by atoms with E-state index in [0.29, 0.717) is 5.89 Å². The van der Waals surface area contributed by atoms with Gasteiger partial charge in [0, 0.05) is 37.4 Å². The van der Waals surface area contributed by atoms with E-state index in [1.54, 1.807) is 0 Å². The van der Waals surface area contributed by atoms with Crippen molar-refractivity contribution in [3.8, 4) is 11.5 Å². The molecule has 21 heavy (non-hydrogen) atoms. The molecule has 0 aliphatic carbocycles. The van der Waals surface area contributed by atoms with Gasteiger partial charge in [0.2, 0.25) is 5.89 Å². The first-order chi connectivity index (χ1) is 10.4. The van der Waals surface area contributed by atoms with Crippen LogP contribution in [-0.2, 0) is 0 Å². The fourth-order valence-corrected chi connectivity index (χ4v) is 2.74. The molecular formula is C17H17N3O. The summed E-state index contributed by atoms with van der Waals surface area (Å²) in [6.45, 7) is 4.14. The normalized spacial score (nSPS) is 15.5. The molecule has 0 radical (unpaired) electrons. The molecule has 4 nitrogen and oxygen atoms in total. The van der Waals surface area contributed by atoms with Crippen LogP contribution in [0.15, 0.2) is 52.9 Å². The Bertz CT molecular complexity index is 745. The summed E-state index contributed by atoms with van der Waals surface area (Å²) < 4.78 is 5.85. The smallest absolute Gasteiger partial charge is 0.227 e. The lowest BCUT2D eigenvalue weighted by atomic mass is 10.2. The molecule has 4 rings (SSSR count). The number of hydrogen-bond acceptors (Lipinski definition) is 4. The quantitative estimate of drug-likeness (QED) is 0.783. The Morgan fingerprint density at radius 2 is 1.81 bits per heavy atom. The molecule has 1 aliphatic heterocycles. The molecule has 106 valence electrons. The van der Waals surface area contributed by atoms with Crippen LogP contribution in [0, 0.1) is 0 Å². The highest BCUT2D eigenvalue weighted by molar-refractivity contribution is 5.80. The lowest BCUT2D eigenvalue weighted by Crippen LogP contribution is -2.43. The van der Waals surface area contributed by atoms with Crippen molar-refractivity contribution >= 4 is 16.8 Å². The summed E-state index contributed by atoms with van der Waals surface area (Å²) in [5, 5.41) is 3.37. The number of rotatable bonds is 2. The van der Waals surface area contributed by atoms with Crippen LogP contribution in [0.1, 0.15) is 0 Å².